The van der Waals surface area contributed by atoms with Crippen molar-refractivity contribution < 1.29 is 97.4 Å². The number of nitrogens with zero attached hydrogens (tertiary/aromatic N) is 1. The minimum Gasteiger partial charge on any atom is -0.272 e. The average Bonchev–Trinajstić information content (AvgIpc) is 3.15. The van der Waals surface area contributed by atoms with Gasteiger partial charge < -0.3 is 0 Å². The molecule has 1 aromatic heterocycles. The summed E-state index contributed by atoms with van der Waals surface area (Å²) in [7, 11) is 0. The molecule has 0 aliphatic heterocycles. The molecule has 2 nitrogen and oxygen atoms in total. The van der Waals surface area contributed by atoms with E-state index in [1.807, 2.05) is 37.5 Å². The summed E-state index contributed by atoms with van der Waals surface area (Å²) in [6, 6.07) is 5.81. The standard InChI is InChI=1S/C24BF20.C7H10NO/c26-5-1(6(27)14(35)21(42)13(5)34)25(2-7(28)15(36)22(43)16(37)8(2)29,3-9(30)17(38)23(44)18(39)10(3)31)4-11(32)19(40)24(45)20(41)12(4)33;1-2-9-8-6-4-3-5-7-8/h;3-7H,2H2,1H3/q-1;+1. The second-order valence-corrected chi connectivity index (χ2v) is 10.5. The van der Waals surface area contributed by atoms with Crippen LogP contribution in [0.3, 0.4) is 0 Å². The van der Waals surface area contributed by atoms with Gasteiger partial charge in [0, 0.05) is 16.9 Å². The number of benzene rings is 4. The van der Waals surface area contributed by atoms with Crippen molar-refractivity contribution in [2.75, 3.05) is 6.61 Å². The molecule has 23 heteroatoms. The van der Waals surface area contributed by atoms with Crippen molar-refractivity contribution in [1.82, 2.24) is 0 Å². The molecule has 4 aromatic carbocycles. The monoisotopic (exact) mass is 803 g/mol. The predicted octanol–water partition coefficient (Wildman–Crippen LogP) is 6.27. The number of rotatable bonds is 6. The number of hydrogen-bond acceptors (Lipinski definition) is 1. The normalized spacial score (nSPS) is 11.5. The summed E-state index contributed by atoms with van der Waals surface area (Å²) < 4.78 is 296. The second kappa shape index (κ2) is 15.1. The summed E-state index contributed by atoms with van der Waals surface area (Å²) in [6.45, 7) is 2.66. The Bertz CT molecular complexity index is 1920. The van der Waals surface area contributed by atoms with Crippen LogP contribution in [0.25, 0.3) is 0 Å². The number of pyridine rings is 1. The number of aromatic nitrogens is 1. The maximum Gasteiger partial charge on any atom is 0.222 e. The fourth-order valence-corrected chi connectivity index (χ4v) is 5.49. The van der Waals surface area contributed by atoms with Crippen molar-refractivity contribution in [3.8, 4) is 0 Å². The van der Waals surface area contributed by atoms with E-state index in [1.54, 1.807) is 4.73 Å². The van der Waals surface area contributed by atoms with Crippen LogP contribution in [0.15, 0.2) is 30.6 Å². The maximum absolute atomic E-state index is 15.4. The van der Waals surface area contributed by atoms with Gasteiger partial charge in [0.2, 0.25) is 12.4 Å². The summed E-state index contributed by atoms with van der Waals surface area (Å²) in [5, 5.41) is 0. The smallest absolute Gasteiger partial charge is 0.222 e. The Balaban J connectivity index is 0.000000631. The van der Waals surface area contributed by atoms with E-state index in [-0.39, 0.29) is 0 Å². The van der Waals surface area contributed by atoms with E-state index in [0.29, 0.717) is 6.61 Å². The Labute approximate surface area is 286 Å². The van der Waals surface area contributed by atoms with Gasteiger partial charge in [0.25, 0.3) is 0 Å². The quantitative estimate of drug-likeness (QED) is 0.0650. The highest BCUT2D eigenvalue weighted by atomic mass is 19.2. The minimum atomic E-state index is -7.22. The van der Waals surface area contributed by atoms with Crippen molar-refractivity contribution in [2.45, 2.75) is 6.92 Å². The van der Waals surface area contributed by atoms with Gasteiger partial charge in [-0.25, -0.2) is 87.8 Å². The van der Waals surface area contributed by atoms with Gasteiger partial charge in [-0.05, 0) is 6.92 Å². The molecule has 0 N–H and O–H groups in total. The third kappa shape index (κ3) is 6.11. The first-order valence-electron chi connectivity index (χ1n) is 14.0. The molecule has 288 valence electrons. The third-order valence-corrected chi connectivity index (χ3v) is 7.67. The molecule has 0 aliphatic carbocycles. The molecule has 0 atom stereocenters. The summed E-state index contributed by atoms with van der Waals surface area (Å²) in [5.41, 5.74) is -14.3. The average molecular weight is 803 g/mol. The second-order valence-electron chi connectivity index (χ2n) is 10.5. The fourth-order valence-electron chi connectivity index (χ4n) is 5.49. The Morgan fingerprint density at radius 2 is 0.519 bits per heavy atom. The molecule has 0 fully saturated rings. The maximum atomic E-state index is 15.4. The van der Waals surface area contributed by atoms with Crippen molar-refractivity contribution in [1.29, 1.82) is 0 Å². The van der Waals surface area contributed by atoms with Crippen LogP contribution in [-0.2, 0) is 0 Å². The molecule has 0 bridgehead atoms. The molecule has 54 heavy (non-hydrogen) atoms. The van der Waals surface area contributed by atoms with Crippen molar-refractivity contribution in [2.24, 2.45) is 0 Å². The molecule has 5 rings (SSSR count). The number of hydrogen-bond donors (Lipinski definition) is 0. The zero-order valence-corrected chi connectivity index (χ0v) is 25.6. The minimum absolute atomic E-state index is 0.703. The van der Waals surface area contributed by atoms with Crippen LogP contribution < -0.4 is 31.4 Å². The molecular formula is C31H10BF20NO. The molecule has 0 saturated heterocycles. The van der Waals surface area contributed by atoms with E-state index < -0.39 is 144 Å². The van der Waals surface area contributed by atoms with Crippen molar-refractivity contribution in [3.63, 3.8) is 0 Å². The van der Waals surface area contributed by atoms with Gasteiger partial charge in [-0.1, -0.05) is 6.07 Å². The third-order valence-electron chi connectivity index (χ3n) is 7.67. The van der Waals surface area contributed by atoms with E-state index in [4.69, 9.17) is 4.84 Å². The van der Waals surface area contributed by atoms with Gasteiger partial charge in [-0.3, -0.25) is 4.84 Å². The van der Waals surface area contributed by atoms with Gasteiger partial charge in [0.1, 0.15) is 52.7 Å². The largest absolute Gasteiger partial charge is 0.272 e. The first-order valence-corrected chi connectivity index (χ1v) is 14.0. The fraction of sp³-hybridized carbons (Fsp3) is 0.0645. The molecule has 0 saturated carbocycles. The first kappa shape index (κ1) is 41.3. The van der Waals surface area contributed by atoms with Crippen LogP contribution in [0.4, 0.5) is 87.8 Å². The van der Waals surface area contributed by atoms with Crippen LogP contribution in [-0.4, -0.2) is 12.8 Å². The summed E-state index contributed by atoms with van der Waals surface area (Å²) in [6.07, 6.45) is -3.49. The topological polar surface area (TPSA) is 13.1 Å². The SMILES string of the molecule is CCO[n+]1ccccc1.Fc1c(F)c(F)c([B-](c2c(F)c(F)c(F)c(F)c2F)(c2c(F)c(F)c(F)c(F)c2F)c2c(F)c(F)c(F)c(F)c2F)c(F)c1F. The lowest BCUT2D eigenvalue weighted by atomic mass is 9.12. The van der Waals surface area contributed by atoms with E-state index in [2.05, 4.69) is 0 Å². The zero-order chi connectivity index (χ0) is 40.9. The highest BCUT2D eigenvalue weighted by Gasteiger charge is 2.52. The lowest BCUT2D eigenvalue weighted by Crippen LogP contribution is -2.81. The Hall–Kier alpha value is -5.51. The van der Waals surface area contributed by atoms with Gasteiger partial charge in [-0.15, -0.1) is 21.9 Å². The number of halogens is 20. The van der Waals surface area contributed by atoms with Gasteiger partial charge in [-0.2, -0.15) is 0 Å². The van der Waals surface area contributed by atoms with E-state index >= 15 is 35.1 Å². The van der Waals surface area contributed by atoms with Crippen LogP contribution in [0.2, 0.25) is 0 Å². The summed E-state index contributed by atoms with van der Waals surface area (Å²) >= 11 is 0. The highest BCUT2D eigenvalue weighted by Crippen LogP contribution is 2.30. The predicted molar refractivity (Wildman–Crippen MR) is 143 cm³/mol. The Kier molecular flexibility index (Phi) is 11.5. The van der Waals surface area contributed by atoms with Gasteiger partial charge >= 0.3 is 0 Å². The molecule has 1 heterocycles. The van der Waals surface area contributed by atoms with Crippen molar-refractivity contribution >= 4 is 28.0 Å². The molecule has 0 amide bonds. The molecule has 0 spiro atoms. The molecule has 0 radical (unpaired) electrons. The Morgan fingerprint density at radius 1 is 0.333 bits per heavy atom. The molecule has 5 aromatic rings. The Morgan fingerprint density at radius 3 is 0.704 bits per heavy atom. The summed E-state index contributed by atoms with van der Waals surface area (Å²) in [5.74, 6) is -71.4. The molecular weight excluding hydrogens is 793 g/mol. The van der Waals surface area contributed by atoms with Crippen molar-refractivity contribution in [3.05, 3.63) is 147 Å². The highest BCUT2D eigenvalue weighted by molar-refractivity contribution is 7.20. The zero-order valence-electron chi connectivity index (χ0n) is 25.6. The van der Waals surface area contributed by atoms with Crippen LogP contribution in [0, 0.1) is 116 Å². The van der Waals surface area contributed by atoms with Crippen LogP contribution in [0.1, 0.15) is 6.92 Å². The lowest BCUT2D eigenvalue weighted by Gasteiger charge is -2.44. The molecule has 0 unspecified atom stereocenters. The van der Waals surface area contributed by atoms with Crippen LogP contribution in [0.5, 0.6) is 0 Å². The van der Waals surface area contributed by atoms with E-state index in [0.717, 1.165) is 0 Å². The van der Waals surface area contributed by atoms with E-state index in [9.17, 15) is 52.7 Å². The lowest BCUT2D eigenvalue weighted by molar-refractivity contribution is -0.890. The van der Waals surface area contributed by atoms with E-state index in [1.165, 1.54) is 0 Å². The van der Waals surface area contributed by atoms with Gasteiger partial charge in [0.05, 0.1) is 0 Å². The van der Waals surface area contributed by atoms with Gasteiger partial charge in [0.15, 0.2) is 76.4 Å². The summed E-state index contributed by atoms with van der Waals surface area (Å²) in [4.78, 5) is 5.12. The van der Waals surface area contributed by atoms with Crippen LogP contribution >= 0.6 is 0 Å². The molecule has 0 aliphatic rings. The first-order chi connectivity index (χ1) is 25.1.